The lowest BCUT2D eigenvalue weighted by Crippen LogP contribution is -2.54. The van der Waals surface area contributed by atoms with E-state index in [9.17, 15) is 18.6 Å². The van der Waals surface area contributed by atoms with Crippen LogP contribution in [0.2, 0.25) is 0 Å². The van der Waals surface area contributed by atoms with Gasteiger partial charge in [0.1, 0.15) is 18.0 Å². The Labute approximate surface area is 158 Å². The molecule has 2 saturated heterocycles. The Balaban J connectivity index is 1.69. The SMILES string of the molecule is COc1ccc(S(=O)(=O)NCC2OC(CO)C(O)C2N2CCOCC2)cc1. The molecular formula is C17H26N2O7S. The lowest BCUT2D eigenvalue weighted by atomic mass is 10.0. The standard InChI is InChI=1S/C17H26N2O7S/c1-24-12-2-4-13(5-3-12)27(22,23)18-10-14-16(17(21)15(11-20)26-14)19-6-8-25-9-7-19/h2-5,14-18,20-21H,6-11H2,1H3. The third-order valence-electron chi connectivity index (χ3n) is 4.95. The van der Waals surface area contributed by atoms with Gasteiger partial charge >= 0.3 is 0 Å². The van der Waals surface area contributed by atoms with Gasteiger partial charge in [-0.3, -0.25) is 4.90 Å². The molecule has 1 aromatic rings. The summed E-state index contributed by atoms with van der Waals surface area (Å²) in [7, 11) is -2.23. The molecular weight excluding hydrogens is 376 g/mol. The molecule has 9 nitrogen and oxygen atoms in total. The van der Waals surface area contributed by atoms with E-state index in [1.54, 1.807) is 12.1 Å². The molecule has 0 radical (unpaired) electrons. The summed E-state index contributed by atoms with van der Waals surface area (Å²) >= 11 is 0. The number of sulfonamides is 1. The van der Waals surface area contributed by atoms with Crippen molar-refractivity contribution in [2.75, 3.05) is 46.6 Å². The number of hydrogen-bond acceptors (Lipinski definition) is 8. The molecule has 0 aliphatic carbocycles. The van der Waals surface area contributed by atoms with Crippen LogP contribution in [0.4, 0.5) is 0 Å². The van der Waals surface area contributed by atoms with Crippen molar-refractivity contribution in [2.45, 2.75) is 29.2 Å². The van der Waals surface area contributed by atoms with E-state index in [0.717, 1.165) is 0 Å². The van der Waals surface area contributed by atoms with Gasteiger partial charge in [-0.25, -0.2) is 13.1 Å². The zero-order valence-electron chi connectivity index (χ0n) is 15.2. The minimum Gasteiger partial charge on any atom is -0.497 e. The number of aliphatic hydroxyl groups excluding tert-OH is 2. The monoisotopic (exact) mass is 402 g/mol. The first-order valence-electron chi connectivity index (χ1n) is 8.86. The summed E-state index contributed by atoms with van der Waals surface area (Å²) in [5.41, 5.74) is 0. The first kappa shape index (κ1) is 20.5. The van der Waals surface area contributed by atoms with Crippen LogP contribution in [-0.4, -0.2) is 94.4 Å². The maximum absolute atomic E-state index is 12.6. The fourth-order valence-electron chi connectivity index (χ4n) is 3.50. The molecule has 152 valence electrons. The molecule has 0 bridgehead atoms. The molecule has 0 amide bonds. The average molecular weight is 402 g/mol. The molecule has 27 heavy (non-hydrogen) atoms. The van der Waals surface area contributed by atoms with Crippen molar-refractivity contribution < 1.29 is 32.8 Å². The van der Waals surface area contributed by atoms with Crippen molar-refractivity contribution in [3.05, 3.63) is 24.3 Å². The van der Waals surface area contributed by atoms with Crippen molar-refractivity contribution in [2.24, 2.45) is 0 Å². The Morgan fingerprint density at radius 3 is 2.48 bits per heavy atom. The maximum atomic E-state index is 12.6. The highest BCUT2D eigenvalue weighted by molar-refractivity contribution is 7.89. The fraction of sp³-hybridized carbons (Fsp3) is 0.647. The molecule has 2 aliphatic heterocycles. The quantitative estimate of drug-likeness (QED) is 0.520. The van der Waals surface area contributed by atoms with Crippen molar-refractivity contribution in [1.29, 1.82) is 0 Å². The molecule has 4 unspecified atom stereocenters. The summed E-state index contributed by atoms with van der Waals surface area (Å²) < 4.78 is 43.8. The normalized spacial score (nSPS) is 29.7. The summed E-state index contributed by atoms with van der Waals surface area (Å²) in [6, 6.07) is 5.65. The summed E-state index contributed by atoms with van der Waals surface area (Å²) in [6.07, 6.45) is -2.22. The van der Waals surface area contributed by atoms with Gasteiger partial charge in [-0.05, 0) is 24.3 Å². The predicted molar refractivity (Wildman–Crippen MR) is 96.1 cm³/mol. The second-order valence-corrected chi connectivity index (χ2v) is 8.32. The van der Waals surface area contributed by atoms with E-state index in [-0.39, 0.29) is 18.0 Å². The number of aliphatic hydroxyl groups is 2. The Hall–Kier alpha value is -1.27. The van der Waals surface area contributed by atoms with Crippen LogP contribution in [0.1, 0.15) is 0 Å². The largest absolute Gasteiger partial charge is 0.497 e. The van der Waals surface area contributed by atoms with Crippen LogP contribution < -0.4 is 9.46 Å². The van der Waals surface area contributed by atoms with Gasteiger partial charge in [-0.1, -0.05) is 0 Å². The van der Waals surface area contributed by atoms with Crippen LogP contribution >= 0.6 is 0 Å². The highest BCUT2D eigenvalue weighted by Gasteiger charge is 2.46. The number of nitrogens with zero attached hydrogens (tertiary/aromatic N) is 1. The van der Waals surface area contributed by atoms with Gasteiger partial charge in [0.15, 0.2) is 0 Å². The molecule has 10 heteroatoms. The molecule has 4 atom stereocenters. The Morgan fingerprint density at radius 1 is 1.22 bits per heavy atom. The van der Waals surface area contributed by atoms with Gasteiger partial charge in [-0.15, -0.1) is 0 Å². The van der Waals surface area contributed by atoms with Crippen molar-refractivity contribution in [1.82, 2.24) is 9.62 Å². The van der Waals surface area contributed by atoms with Gasteiger partial charge < -0.3 is 24.4 Å². The van der Waals surface area contributed by atoms with E-state index in [4.69, 9.17) is 14.2 Å². The van der Waals surface area contributed by atoms with Gasteiger partial charge in [0.25, 0.3) is 0 Å². The zero-order chi connectivity index (χ0) is 19.4. The van der Waals surface area contributed by atoms with Crippen molar-refractivity contribution >= 4 is 10.0 Å². The van der Waals surface area contributed by atoms with Gasteiger partial charge in [0.2, 0.25) is 10.0 Å². The summed E-state index contributed by atoms with van der Waals surface area (Å²) in [5.74, 6) is 0.564. The van der Waals surface area contributed by atoms with E-state index in [1.807, 2.05) is 4.90 Å². The van der Waals surface area contributed by atoms with Crippen LogP contribution in [0, 0.1) is 0 Å². The molecule has 0 spiro atoms. The lowest BCUT2D eigenvalue weighted by Gasteiger charge is -2.36. The minimum atomic E-state index is -3.74. The highest BCUT2D eigenvalue weighted by Crippen LogP contribution is 2.27. The maximum Gasteiger partial charge on any atom is 0.240 e. The van der Waals surface area contributed by atoms with Gasteiger partial charge in [0, 0.05) is 19.6 Å². The highest BCUT2D eigenvalue weighted by atomic mass is 32.2. The molecule has 1 aromatic carbocycles. The number of ether oxygens (including phenoxy) is 3. The molecule has 2 aliphatic rings. The van der Waals surface area contributed by atoms with E-state index >= 15 is 0 Å². The predicted octanol–water partition coefficient (Wildman–Crippen LogP) is -1.21. The minimum absolute atomic E-state index is 0.00997. The van der Waals surface area contributed by atoms with Crippen LogP contribution in [0.15, 0.2) is 29.2 Å². The Morgan fingerprint density at radius 2 is 1.89 bits per heavy atom. The number of benzene rings is 1. The van der Waals surface area contributed by atoms with E-state index in [0.29, 0.717) is 32.1 Å². The summed E-state index contributed by atoms with van der Waals surface area (Å²) in [5, 5.41) is 20.0. The number of rotatable bonds is 7. The van der Waals surface area contributed by atoms with Crippen molar-refractivity contribution in [3.8, 4) is 5.75 Å². The second kappa shape index (κ2) is 8.82. The summed E-state index contributed by atoms with van der Waals surface area (Å²) in [6.45, 7) is 1.97. The lowest BCUT2D eigenvalue weighted by molar-refractivity contribution is -0.0207. The molecule has 0 aromatic heterocycles. The topological polar surface area (TPSA) is 118 Å². The van der Waals surface area contributed by atoms with E-state index in [1.165, 1.54) is 19.2 Å². The first-order chi connectivity index (χ1) is 13.0. The van der Waals surface area contributed by atoms with Crippen LogP contribution in [-0.2, 0) is 19.5 Å². The fourth-order valence-corrected chi connectivity index (χ4v) is 4.55. The van der Waals surface area contributed by atoms with Crippen molar-refractivity contribution in [3.63, 3.8) is 0 Å². The zero-order valence-corrected chi connectivity index (χ0v) is 16.0. The molecule has 3 rings (SSSR count). The van der Waals surface area contributed by atoms with Gasteiger partial charge in [0.05, 0.1) is 44.0 Å². The first-order valence-corrected chi connectivity index (χ1v) is 10.3. The number of nitrogens with one attached hydrogen (secondary N) is 1. The van der Waals surface area contributed by atoms with Crippen LogP contribution in [0.25, 0.3) is 0 Å². The van der Waals surface area contributed by atoms with E-state index < -0.39 is 34.4 Å². The average Bonchev–Trinajstić information content (AvgIpc) is 3.02. The van der Waals surface area contributed by atoms with Crippen LogP contribution in [0.3, 0.4) is 0 Å². The number of morpholine rings is 1. The molecule has 3 N–H and O–H groups in total. The third-order valence-corrected chi connectivity index (χ3v) is 6.39. The Bertz CT molecular complexity index is 706. The second-order valence-electron chi connectivity index (χ2n) is 6.55. The van der Waals surface area contributed by atoms with E-state index in [2.05, 4.69) is 4.72 Å². The number of hydrogen-bond donors (Lipinski definition) is 3. The van der Waals surface area contributed by atoms with Crippen LogP contribution in [0.5, 0.6) is 5.75 Å². The molecule has 2 heterocycles. The number of methoxy groups -OCH3 is 1. The Kier molecular flexibility index (Phi) is 6.69. The molecule has 2 fully saturated rings. The van der Waals surface area contributed by atoms with Gasteiger partial charge in [-0.2, -0.15) is 0 Å². The smallest absolute Gasteiger partial charge is 0.240 e. The summed E-state index contributed by atoms with van der Waals surface area (Å²) in [4.78, 5) is 2.14. The third kappa shape index (κ3) is 4.60. The molecule has 0 saturated carbocycles.